The zero-order valence-corrected chi connectivity index (χ0v) is 19.3. The summed E-state index contributed by atoms with van der Waals surface area (Å²) in [6.45, 7) is 5.56. The molecule has 1 aromatic carbocycles. The van der Waals surface area contributed by atoms with Gasteiger partial charge in [-0.05, 0) is 61.9 Å². The van der Waals surface area contributed by atoms with Crippen molar-refractivity contribution in [3.8, 4) is 11.4 Å². The summed E-state index contributed by atoms with van der Waals surface area (Å²) < 4.78 is 0. The molecule has 4 heterocycles. The van der Waals surface area contributed by atoms with Gasteiger partial charge in [-0.3, -0.25) is 14.7 Å². The monoisotopic (exact) mass is 449 g/mol. The number of carbonyl (C=O) groups excluding carboxylic acids is 2. The topological polar surface area (TPSA) is 85.1 Å². The zero-order chi connectivity index (χ0) is 22.0. The van der Waals surface area contributed by atoms with Crippen LogP contribution < -0.4 is 4.90 Å². The van der Waals surface area contributed by atoms with Crippen molar-refractivity contribution in [2.75, 3.05) is 36.0 Å². The van der Waals surface area contributed by atoms with Crippen molar-refractivity contribution in [3.63, 3.8) is 0 Å². The highest BCUT2D eigenvalue weighted by atomic mass is 32.2. The average Bonchev–Trinajstić information content (AvgIpc) is 3.41. The molecule has 2 aromatic heterocycles. The van der Waals surface area contributed by atoms with Gasteiger partial charge in [-0.25, -0.2) is 0 Å². The summed E-state index contributed by atoms with van der Waals surface area (Å²) in [7, 11) is 0. The van der Waals surface area contributed by atoms with E-state index in [2.05, 4.69) is 27.3 Å². The van der Waals surface area contributed by atoms with Crippen LogP contribution in [0, 0.1) is 0 Å². The second-order valence-electron chi connectivity index (χ2n) is 9.53. The van der Waals surface area contributed by atoms with Gasteiger partial charge in [-0.15, -0.1) is 0 Å². The lowest BCUT2D eigenvalue weighted by molar-refractivity contribution is -0.131. The minimum atomic E-state index is -0.663. The van der Waals surface area contributed by atoms with Gasteiger partial charge in [-0.1, -0.05) is 0 Å². The summed E-state index contributed by atoms with van der Waals surface area (Å²) in [6, 6.07) is 4.25. The van der Waals surface area contributed by atoms with Crippen molar-refractivity contribution in [2.24, 2.45) is 0 Å². The van der Waals surface area contributed by atoms with Crippen LogP contribution in [-0.2, 0) is 27.8 Å². The van der Waals surface area contributed by atoms with Gasteiger partial charge in [-0.2, -0.15) is 16.9 Å². The van der Waals surface area contributed by atoms with E-state index >= 15 is 0 Å². The van der Waals surface area contributed by atoms with Gasteiger partial charge < -0.3 is 14.8 Å². The Morgan fingerprint density at radius 3 is 2.81 bits per heavy atom. The number of thioether (sulfide) groups is 1. The Morgan fingerprint density at radius 1 is 1.19 bits per heavy atom. The first-order valence-corrected chi connectivity index (χ1v) is 12.5. The number of benzene rings is 1. The molecule has 3 aromatic rings. The highest BCUT2D eigenvalue weighted by Crippen LogP contribution is 2.46. The molecule has 32 heavy (non-hydrogen) atoms. The van der Waals surface area contributed by atoms with Crippen molar-refractivity contribution in [1.29, 1.82) is 0 Å². The van der Waals surface area contributed by atoms with Gasteiger partial charge in [0.2, 0.25) is 11.8 Å². The highest BCUT2D eigenvalue weighted by molar-refractivity contribution is 7.99. The van der Waals surface area contributed by atoms with Crippen LogP contribution in [0.25, 0.3) is 22.3 Å². The fraction of sp³-hybridized carbons (Fsp3) is 0.458. The van der Waals surface area contributed by atoms with E-state index < -0.39 is 5.41 Å². The number of hydrogen-bond acceptors (Lipinski definition) is 4. The quantitative estimate of drug-likeness (QED) is 0.629. The molecule has 3 aliphatic rings. The highest BCUT2D eigenvalue weighted by Gasteiger charge is 2.45. The van der Waals surface area contributed by atoms with E-state index in [0.717, 1.165) is 77.4 Å². The predicted octanol–water partition coefficient (Wildman–Crippen LogP) is 3.25. The van der Waals surface area contributed by atoms with Crippen molar-refractivity contribution >= 4 is 40.2 Å². The lowest BCUT2D eigenvalue weighted by Gasteiger charge is -2.29. The van der Waals surface area contributed by atoms with Crippen LogP contribution in [0.5, 0.6) is 0 Å². The molecular weight excluding hydrogens is 422 g/mol. The number of carbonyl (C=O) groups is 2. The maximum atomic E-state index is 13.4. The third kappa shape index (κ3) is 2.85. The largest absolute Gasteiger partial charge is 0.353 e. The van der Waals surface area contributed by atoms with Crippen LogP contribution in [0.15, 0.2) is 18.3 Å². The Balaban J connectivity index is 1.45. The van der Waals surface area contributed by atoms with Crippen molar-refractivity contribution in [3.05, 3.63) is 35.0 Å². The number of nitrogens with one attached hydrogen (secondary N) is 2. The molecule has 2 amide bonds. The Labute approximate surface area is 190 Å². The lowest BCUT2D eigenvalue weighted by atomic mass is 9.85. The van der Waals surface area contributed by atoms with Crippen LogP contribution in [-0.4, -0.2) is 63.0 Å². The third-order valence-corrected chi connectivity index (χ3v) is 8.21. The van der Waals surface area contributed by atoms with Crippen molar-refractivity contribution < 1.29 is 9.59 Å². The number of amides is 2. The summed E-state index contributed by atoms with van der Waals surface area (Å²) in [6.07, 6.45) is 4.95. The second-order valence-corrected chi connectivity index (χ2v) is 10.8. The Kier molecular flexibility index (Phi) is 4.44. The molecule has 1 fully saturated rings. The summed E-state index contributed by atoms with van der Waals surface area (Å²) in [4.78, 5) is 33.7. The molecule has 0 unspecified atom stereocenters. The molecule has 8 heteroatoms. The van der Waals surface area contributed by atoms with Gasteiger partial charge in [0, 0.05) is 41.2 Å². The van der Waals surface area contributed by atoms with Gasteiger partial charge >= 0.3 is 0 Å². The zero-order valence-electron chi connectivity index (χ0n) is 18.5. The fourth-order valence-electron chi connectivity index (χ4n) is 5.42. The molecule has 0 bridgehead atoms. The average molecular weight is 450 g/mol. The van der Waals surface area contributed by atoms with Crippen LogP contribution >= 0.6 is 11.8 Å². The first-order valence-electron chi connectivity index (χ1n) is 11.3. The van der Waals surface area contributed by atoms with Crippen molar-refractivity contribution in [1.82, 2.24) is 20.1 Å². The molecule has 0 saturated carbocycles. The standard InChI is InChI=1S/C24H27N5O2S/c1-24(2)17-11-18-16(15-5-3-4-14-12-25-27-21(14)22(15)26-18)10-19(17)29(23(24)31)13-20(30)28-6-8-32-9-7-28/h10-12,26H,3-9,13H2,1-2H3,(H,25,27). The molecule has 0 spiro atoms. The van der Waals surface area contributed by atoms with E-state index in [4.69, 9.17) is 0 Å². The predicted molar refractivity (Wildman–Crippen MR) is 127 cm³/mol. The normalized spacial score (nSPS) is 19.6. The molecule has 1 aliphatic carbocycles. The Morgan fingerprint density at radius 2 is 2.00 bits per heavy atom. The molecular formula is C24H27N5O2S. The molecule has 0 atom stereocenters. The SMILES string of the molecule is CC1(C)C(=O)N(CC(=O)N2CCSCC2)c2cc3c4c([nH]c3cc21)-c1[nH]ncc1CCC4. The van der Waals surface area contributed by atoms with Crippen LogP contribution in [0.1, 0.15) is 37.0 Å². The van der Waals surface area contributed by atoms with Gasteiger partial charge in [0.25, 0.3) is 0 Å². The maximum absolute atomic E-state index is 13.4. The number of anilines is 1. The molecule has 166 valence electrons. The van der Waals surface area contributed by atoms with E-state index in [1.807, 2.05) is 36.7 Å². The van der Waals surface area contributed by atoms with E-state index in [1.165, 1.54) is 11.1 Å². The number of rotatable bonds is 2. The first kappa shape index (κ1) is 19.9. The molecule has 7 nitrogen and oxygen atoms in total. The third-order valence-electron chi connectivity index (χ3n) is 7.26. The van der Waals surface area contributed by atoms with Crippen molar-refractivity contribution in [2.45, 2.75) is 38.5 Å². The van der Waals surface area contributed by atoms with Crippen LogP contribution in [0.2, 0.25) is 0 Å². The maximum Gasteiger partial charge on any atom is 0.242 e. The minimum absolute atomic E-state index is 0.00170. The minimum Gasteiger partial charge on any atom is -0.353 e. The number of aromatic nitrogens is 3. The van der Waals surface area contributed by atoms with E-state index in [-0.39, 0.29) is 18.4 Å². The van der Waals surface area contributed by atoms with E-state index in [0.29, 0.717) is 0 Å². The summed E-state index contributed by atoms with van der Waals surface area (Å²) >= 11 is 1.88. The number of nitrogens with zero attached hydrogens (tertiary/aromatic N) is 3. The summed E-state index contributed by atoms with van der Waals surface area (Å²) in [5.41, 5.74) is 6.92. The number of H-pyrrole nitrogens is 2. The van der Waals surface area contributed by atoms with E-state index in [9.17, 15) is 9.59 Å². The number of aryl methyl sites for hydroxylation is 2. The number of fused-ring (bicyclic) bond motifs is 6. The van der Waals surface area contributed by atoms with Crippen LogP contribution in [0.4, 0.5) is 5.69 Å². The smallest absolute Gasteiger partial charge is 0.242 e. The summed E-state index contributed by atoms with van der Waals surface area (Å²) in [5.74, 6) is 1.97. The second kappa shape index (κ2) is 7.13. The van der Waals surface area contributed by atoms with Gasteiger partial charge in [0.1, 0.15) is 6.54 Å². The van der Waals surface area contributed by atoms with Gasteiger partial charge in [0.15, 0.2) is 0 Å². The fourth-order valence-corrected chi connectivity index (χ4v) is 6.33. The number of hydrogen-bond donors (Lipinski definition) is 2. The lowest BCUT2D eigenvalue weighted by Crippen LogP contribution is -2.46. The van der Waals surface area contributed by atoms with Gasteiger partial charge in [0.05, 0.1) is 23.0 Å². The summed E-state index contributed by atoms with van der Waals surface area (Å²) in [5, 5.41) is 8.56. The number of aromatic amines is 2. The molecule has 2 N–H and O–H groups in total. The molecule has 1 saturated heterocycles. The first-order chi connectivity index (χ1) is 15.4. The molecule has 6 rings (SSSR count). The van der Waals surface area contributed by atoms with Crippen LogP contribution in [0.3, 0.4) is 0 Å². The molecule has 0 radical (unpaired) electrons. The Bertz CT molecular complexity index is 1250. The van der Waals surface area contributed by atoms with E-state index in [1.54, 1.807) is 4.90 Å². The Hall–Kier alpha value is -2.74. The molecule has 2 aliphatic heterocycles.